The van der Waals surface area contributed by atoms with Crippen LogP contribution >= 0.6 is 46.4 Å². The van der Waals surface area contributed by atoms with Gasteiger partial charge in [0.05, 0.1) is 16.8 Å². The van der Waals surface area contributed by atoms with Crippen molar-refractivity contribution in [3.05, 3.63) is 37.4 Å². The molecule has 112 valence electrons. The van der Waals surface area contributed by atoms with Gasteiger partial charge in [0.1, 0.15) is 15.5 Å². The third-order valence-corrected chi connectivity index (χ3v) is 4.32. The number of hydrogen-bond acceptors (Lipinski definition) is 5. The molecule has 0 atom stereocenters. The minimum Gasteiger partial charge on any atom is -0.285 e. The second kappa shape index (κ2) is 5.42. The Morgan fingerprint density at radius 1 is 0.773 bits per heavy atom. The molecule has 0 aromatic carbocycles. The first-order valence-electron chi connectivity index (χ1n) is 6.07. The summed E-state index contributed by atoms with van der Waals surface area (Å²) >= 11 is 23.9. The molecule has 0 saturated heterocycles. The van der Waals surface area contributed by atoms with E-state index in [-0.39, 0.29) is 37.6 Å². The highest BCUT2D eigenvalue weighted by atomic mass is 35.5. The Morgan fingerprint density at radius 2 is 1.36 bits per heavy atom. The fourth-order valence-corrected chi connectivity index (χ4v) is 3.46. The van der Waals surface area contributed by atoms with Crippen molar-refractivity contribution in [3.63, 3.8) is 0 Å². The standard InChI is InChI=1S/C13H5Cl4N3O2/c1-2-3-4-5(11(15)19-10(3)14)8(21)9(22)6-7(4)18-13(17)20-12(6)16/h2H2,1H3. The lowest BCUT2D eigenvalue weighted by Gasteiger charge is -2.21. The zero-order valence-electron chi connectivity index (χ0n) is 10.9. The number of carbonyl (C=O) groups excluding carboxylic acids is 2. The summed E-state index contributed by atoms with van der Waals surface area (Å²) in [5, 5.41) is -0.370. The average molecular weight is 377 g/mol. The number of pyridine rings is 1. The van der Waals surface area contributed by atoms with Crippen LogP contribution in [-0.4, -0.2) is 26.5 Å². The lowest BCUT2D eigenvalue weighted by Crippen LogP contribution is -2.25. The van der Waals surface area contributed by atoms with E-state index in [2.05, 4.69) is 15.0 Å². The largest absolute Gasteiger partial charge is 0.285 e. The number of fused-ring (bicyclic) bond motifs is 3. The average Bonchev–Trinajstić information content (AvgIpc) is 2.43. The van der Waals surface area contributed by atoms with Crippen LogP contribution in [0, 0.1) is 0 Å². The van der Waals surface area contributed by atoms with E-state index < -0.39 is 11.6 Å². The van der Waals surface area contributed by atoms with Gasteiger partial charge in [0.2, 0.25) is 16.9 Å². The normalized spacial score (nSPS) is 13.1. The number of ketones is 2. The maximum atomic E-state index is 12.4. The Labute approximate surface area is 144 Å². The third kappa shape index (κ3) is 2.12. The summed E-state index contributed by atoms with van der Waals surface area (Å²) in [4.78, 5) is 36.3. The van der Waals surface area contributed by atoms with Gasteiger partial charge in [0, 0.05) is 5.56 Å². The lowest BCUT2D eigenvalue weighted by molar-refractivity contribution is 0.0814. The van der Waals surface area contributed by atoms with Crippen molar-refractivity contribution in [1.82, 2.24) is 15.0 Å². The van der Waals surface area contributed by atoms with E-state index in [1.807, 2.05) is 6.92 Å². The van der Waals surface area contributed by atoms with Crippen LogP contribution in [0.25, 0.3) is 11.3 Å². The summed E-state index contributed by atoms with van der Waals surface area (Å²) in [6, 6.07) is 0. The van der Waals surface area contributed by atoms with Crippen molar-refractivity contribution in [2.45, 2.75) is 13.3 Å². The number of halogens is 4. The SMILES string of the molecule is CCc1c(Cl)nc(Cl)c2c1-c1nc(Cl)nc(Cl)c1C(=O)C2=O. The Kier molecular flexibility index (Phi) is 3.85. The predicted octanol–water partition coefficient (Wildman–Crippen LogP) is 4.09. The van der Waals surface area contributed by atoms with Crippen molar-refractivity contribution in [2.24, 2.45) is 0 Å². The monoisotopic (exact) mass is 375 g/mol. The molecule has 0 bridgehead atoms. The maximum Gasteiger partial charge on any atom is 0.238 e. The molecule has 2 aromatic heterocycles. The summed E-state index contributed by atoms with van der Waals surface area (Å²) < 4.78 is 0. The molecule has 5 nitrogen and oxygen atoms in total. The number of hydrogen-bond donors (Lipinski definition) is 0. The van der Waals surface area contributed by atoms with E-state index in [4.69, 9.17) is 46.4 Å². The van der Waals surface area contributed by atoms with Crippen LogP contribution < -0.4 is 0 Å². The summed E-state index contributed by atoms with van der Waals surface area (Å²) in [6.07, 6.45) is 0.450. The van der Waals surface area contributed by atoms with Crippen LogP contribution in [0.15, 0.2) is 0 Å². The van der Waals surface area contributed by atoms with E-state index in [1.54, 1.807) is 0 Å². The molecule has 0 radical (unpaired) electrons. The molecule has 0 N–H and O–H groups in total. The number of aromatic nitrogens is 3. The molecule has 0 fully saturated rings. The highest BCUT2D eigenvalue weighted by molar-refractivity contribution is 6.57. The molecule has 1 aliphatic rings. The molecule has 0 spiro atoms. The smallest absolute Gasteiger partial charge is 0.238 e. The zero-order valence-corrected chi connectivity index (χ0v) is 13.9. The van der Waals surface area contributed by atoms with Crippen LogP contribution in [0.3, 0.4) is 0 Å². The van der Waals surface area contributed by atoms with E-state index in [1.165, 1.54) is 0 Å². The van der Waals surface area contributed by atoms with Crippen LogP contribution in [0.5, 0.6) is 0 Å². The zero-order chi connectivity index (χ0) is 16.2. The molecule has 1 aliphatic carbocycles. The Hall–Kier alpha value is -1.27. The van der Waals surface area contributed by atoms with Crippen molar-refractivity contribution >= 4 is 58.0 Å². The van der Waals surface area contributed by atoms with Crippen LogP contribution in [0.1, 0.15) is 33.2 Å². The van der Waals surface area contributed by atoms with Crippen LogP contribution in [0.4, 0.5) is 0 Å². The van der Waals surface area contributed by atoms with E-state index in [0.717, 1.165) is 0 Å². The van der Waals surface area contributed by atoms with Crippen molar-refractivity contribution in [2.75, 3.05) is 0 Å². The van der Waals surface area contributed by atoms with Gasteiger partial charge < -0.3 is 0 Å². The highest BCUT2D eigenvalue weighted by Gasteiger charge is 2.38. The molecule has 22 heavy (non-hydrogen) atoms. The highest BCUT2D eigenvalue weighted by Crippen LogP contribution is 2.42. The molecule has 3 rings (SSSR count). The van der Waals surface area contributed by atoms with E-state index >= 15 is 0 Å². The fourth-order valence-electron chi connectivity index (χ4n) is 2.37. The lowest BCUT2D eigenvalue weighted by atomic mass is 9.86. The summed E-state index contributed by atoms with van der Waals surface area (Å²) in [6.45, 7) is 1.82. The Balaban J connectivity index is 2.54. The van der Waals surface area contributed by atoms with E-state index in [9.17, 15) is 9.59 Å². The second-order valence-corrected chi connectivity index (χ2v) is 5.85. The third-order valence-electron chi connectivity index (χ3n) is 3.29. The number of rotatable bonds is 1. The first kappa shape index (κ1) is 15.6. The first-order valence-corrected chi connectivity index (χ1v) is 7.58. The Morgan fingerprint density at radius 3 is 2.00 bits per heavy atom. The molecule has 0 amide bonds. The fraction of sp³-hybridized carbons (Fsp3) is 0.154. The predicted molar refractivity (Wildman–Crippen MR) is 83.3 cm³/mol. The summed E-state index contributed by atoms with van der Waals surface area (Å²) in [5.41, 5.74) is 0.878. The minimum absolute atomic E-state index is 0.0359. The summed E-state index contributed by atoms with van der Waals surface area (Å²) in [7, 11) is 0. The van der Waals surface area contributed by atoms with Gasteiger partial charge in [-0.25, -0.2) is 15.0 Å². The molecule has 0 saturated carbocycles. The molecular formula is C13H5Cl4N3O2. The molecular weight excluding hydrogens is 372 g/mol. The molecule has 9 heteroatoms. The van der Waals surface area contributed by atoms with Crippen LogP contribution in [0.2, 0.25) is 20.7 Å². The number of carbonyl (C=O) groups is 2. The van der Waals surface area contributed by atoms with Gasteiger partial charge in [-0.05, 0) is 23.6 Å². The van der Waals surface area contributed by atoms with Crippen molar-refractivity contribution < 1.29 is 9.59 Å². The van der Waals surface area contributed by atoms with Gasteiger partial charge in [-0.15, -0.1) is 0 Å². The molecule has 2 aromatic rings. The van der Waals surface area contributed by atoms with Gasteiger partial charge in [0.15, 0.2) is 0 Å². The maximum absolute atomic E-state index is 12.4. The van der Waals surface area contributed by atoms with Gasteiger partial charge in [0.25, 0.3) is 0 Å². The second-order valence-electron chi connectivity index (χ2n) is 4.44. The molecule has 0 aliphatic heterocycles. The topological polar surface area (TPSA) is 72.8 Å². The quantitative estimate of drug-likeness (QED) is 0.324. The van der Waals surface area contributed by atoms with Crippen molar-refractivity contribution in [3.8, 4) is 11.3 Å². The number of nitrogens with zero attached hydrogens (tertiary/aromatic N) is 3. The van der Waals surface area contributed by atoms with Gasteiger partial charge in [-0.3, -0.25) is 9.59 Å². The molecule has 2 heterocycles. The van der Waals surface area contributed by atoms with Gasteiger partial charge >= 0.3 is 0 Å². The number of Topliss-reactive ketones (excluding diaryl/α,β-unsaturated/α-hetero) is 2. The van der Waals surface area contributed by atoms with Crippen molar-refractivity contribution in [1.29, 1.82) is 0 Å². The summed E-state index contributed by atoms with van der Waals surface area (Å²) in [5.74, 6) is -1.67. The Bertz CT molecular complexity index is 867. The molecule has 0 unspecified atom stereocenters. The van der Waals surface area contributed by atoms with Crippen LogP contribution in [-0.2, 0) is 6.42 Å². The first-order chi connectivity index (χ1) is 10.4. The van der Waals surface area contributed by atoms with Gasteiger partial charge in [-0.1, -0.05) is 41.7 Å². The minimum atomic E-state index is -0.850. The van der Waals surface area contributed by atoms with Gasteiger partial charge in [-0.2, -0.15) is 0 Å². The van der Waals surface area contributed by atoms with E-state index in [0.29, 0.717) is 17.5 Å².